The molecule has 156 valence electrons. The normalized spacial score (nSPS) is 11.7. The highest BCUT2D eigenvalue weighted by molar-refractivity contribution is 7.21. The van der Waals surface area contributed by atoms with Crippen LogP contribution < -0.4 is 10.1 Å². The van der Waals surface area contributed by atoms with E-state index in [1.807, 2.05) is 0 Å². The number of thiophene rings is 1. The van der Waals surface area contributed by atoms with Gasteiger partial charge in [0.15, 0.2) is 6.10 Å². The van der Waals surface area contributed by atoms with Crippen molar-refractivity contribution in [2.45, 2.75) is 13.0 Å². The Hall–Kier alpha value is -2.88. The van der Waals surface area contributed by atoms with Gasteiger partial charge >= 0.3 is 5.97 Å². The predicted octanol–water partition coefficient (Wildman–Crippen LogP) is 5.31. The van der Waals surface area contributed by atoms with Crippen molar-refractivity contribution in [1.29, 1.82) is 0 Å². The molecule has 3 rings (SSSR count). The molecule has 1 heterocycles. The molecule has 3 aromatic rings. The number of carbonyl (C=O) groups excluding carboxylic acids is 2. The molecular formula is C19H14Cl2N2O6S. The van der Waals surface area contributed by atoms with Gasteiger partial charge in [0.05, 0.1) is 22.7 Å². The highest BCUT2D eigenvalue weighted by atomic mass is 35.5. The number of nitro groups is 1. The van der Waals surface area contributed by atoms with Gasteiger partial charge in [0, 0.05) is 27.2 Å². The Morgan fingerprint density at radius 3 is 2.60 bits per heavy atom. The number of hydrogen-bond acceptors (Lipinski definition) is 7. The Balaban J connectivity index is 1.76. The van der Waals surface area contributed by atoms with Gasteiger partial charge in [-0.1, -0.05) is 29.3 Å². The lowest BCUT2D eigenvalue weighted by molar-refractivity contribution is -0.384. The minimum absolute atomic E-state index is 0.0779. The largest absolute Gasteiger partial charge is 0.495 e. The summed E-state index contributed by atoms with van der Waals surface area (Å²) in [5, 5.41) is 14.8. The molecular weight excluding hydrogens is 455 g/mol. The number of fused-ring (bicyclic) bond motifs is 1. The van der Waals surface area contributed by atoms with Crippen LogP contribution in [0.25, 0.3) is 10.1 Å². The number of non-ortho nitro benzene ring substituents is 1. The lowest BCUT2D eigenvalue weighted by Crippen LogP contribution is -2.30. The SMILES string of the molecule is COc1ccc([N+](=O)[O-])cc1NC(=O)C(C)OC(=O)c1sc2cc(Cl)ccc2c1Cl. The number of hydrogen-bond donors (Lipinski definition) is 1. The molecule has 1 amide bonds. The molecule has 2 aromatic carbocycles. The highest BCUT2D eigenvalue weighted by Crippen LogP contribution is 2.37. The molecule has 1 atom stereocenters. The Labute approximate surface area is 184 Å². The van der Waals surface area contributed by atoms with Gasteiger partial charge in [-0.25, -0.2) is 4.79 Å². The van der Waals surface area contributed by atoms with E-state index in [0.717, 1.165) is 17.4 Å². The maximum atomic E-state index is 12.5. The van der Waals surface area contributed by atoms with Crippen molar-refractivity contribution in [3.8, 4) is 5.75 Å². The van der Waals surface area contributed by atoms with Crippen molar-refractivity contribution in [1.82, 2.24) is 0 Å². The Bertz CT molecular complexity index is 1160. The molecule has 30 heavy (non-hydrogen) atoms. The molecule has 1 aromatic heterocycles. The minimum atomic E-state index is -1.20. The van der Waals surface area contributed by atoms with Crippen LogP contribution in [0.4, 0.5) is 11.4 Å². The number of rotatable bonds is 6. The zero-order valence-electron chi connectivity index (χ0n) is 15.6. The Morgan fingerprint density at radius 1 is 1.20 bits per heavy atom. The number of halogens is 2. The number of nitro benzene ring substituents is 1. The summed E-state index contributed by atoms with van der Waals surface area (Å²) in [4.78, 5) is 35.5. The second-order valence-corrected chi connectivity index (χ2v) is 7.93. The first-order chi connectivity index (χ1) is 14.2. The van der Waals surface area contributed by atoms with Crippen LogP contribution in [-0.4, -0.2) is 30.0 Å². The van der Waals surface area contributed by atoms with Crippen molar-refractivity contribution < 1.29 is 24.0 Å². The van der Waals surface area contributed by atoms with Gasteiger partial charge in [-0.3, -0.25) is 14.9 Å². The van der Waals surface area contributed by atoms with E-state index in [0.29, 0.717) is 15.1 Å². The molecule has 0 spiro atoms. The molecule has 11 heteroatoms. The van der Waals surface area contributed by atoms with Gasteiger partial charge in [-0.05, 0) is 25.1 Å². The molecule has 8 nitrogen and oxygen atoms in total. The number of anilines is 1. The number of nitrogens with one attached hydrogen (secondary N) is 1. The van der Waals surface area contributed by atoms with Crippen LogP contribution in [0.2, 0.25) is 10.0 Å². The van der Waals surface area contributed by atoms with Crippen LogP contribution in [0.1, 0.15) is 16.6 Å². The van der Waals surface area contributed by atoms with Crippen LogP contribution in [0, 0.1) is 10.1 Å². The predicted molar refractivity (Wildman–Crippen MR) is 115 cm³/mol. The fourth-order valence-corrected chi connectivity index (χ4v) is 4.25. The zero-order valence-corrected chi connectivity index (χ0v) is 17.9. The van der Waals surface area contributed by atoms with Crippen molar-refractivity contribution in [3.05, 3.63) is 61.4 Å². The first kappa shape index (κ1) is 21.8. The second kappa shape index (κ2) is 8.86. The summed E-state index contributed by atoms with van der Waals surface area (Å²) in [5.41, 5.74) is -0.152. The molecule has 0 aliphatic rings. The minimum Gasteiger partial charge on any atom is -0.495 e. The summed E-state index contributed by atoms with van der Waals surface area (Å²) in [6.45, 7) is 1.37. The smallest absolute Gasteiger partial charge is 0.350 e. The molecule has 0 saturated carbocycles. The third-order valence-electron chi connectivity index (χ3n) is 4.08. The summed E-state index contributed by atoms with van der Waals surface area (Å²) in [6, 6.07) is 8.77. The van der Waals surface area contributed by atoms with Crippen molar-refractivity contribution in [2.75, 3.05) is 12.4 Å². The van der Waals surface area contributed by atoms with Crippen molar-refractivity contribution in [2.24, 2.45) is 0 Å². The summed E-state index contributed by atoms with van der Waals surface area (Å²) >= 11 is 13.3. The van der Waals surface area contributed by atoms with Crippen LogP contribution in [0.15, 0.2) is 36.4 Å². The first-order valence-corrected chi connectivity index (χ1v) is 10.00. The van der Waals surface area contributed by atoms with Gasteiger partial charge < -0.3 is 14.8 Å². The third-order valence-corrected chi connectivity index (χ3v) is 5.95. The first-order valence-electron chi connectivity index (χ1n) is 8.43. The van der Waals surface area contributed by atoms with E-state index in [1.54, 1.807) is 18.2 Å². The number of methoxy groups -OCH3 is 1. The Morgan fingerprint density at radius 2 is 1.93 bits per heavy atom. The second-order valence-electron chi connectivity index (χ2n) is 6.06. The van der Waals surface area contributed by atoms with Gasteiger partial charge in [-0.15, -0.1) is 11.3 Å². The molecule has 1 N–H and O–H groups in total. The van der Waals surface area contributed by atoms with Gasteiger partial charge in [-0.2, -0.15) is 0 Å². The average Bonchev–Trinajstić information content (AvgIpc) is 3.03. The fraction of sp³-hybridized carbons (Fsp3) is 0.158. The molecule has 0 aliphatic heterocycles. The lowest BCUT2D eigenvalue weighted by Gasteiger charge is -2.15. The number of nitrogens with zero attached hydrogens (tertiary/aromatic N) is 1. The molecule has 0 aliphatic carbocycles. The maximum Gasteiger partial charge on any atom is 0.350 e. The van der Waals surface area contributed by atoms with E-state index in [9.17, 15) is 19.7 Å². The van der Waals surface area contributed by atoms with E-state index in [-0.39, 0.29) is 27.0 Å². The van der Waals surface area contributed by atoms with E-state index in [4.69, 9.17) is 32.7 Å². The number of carbonyl (C=O) groups is 2. The van der Waals surface area contributed by atoms with E-state index in [2.05, 4.69) is 5.32 Å². The van der Waals surface area contributed by atoms with Crippen LogP contribution in [-0.2, 0) is 9.53 Å². The highest BCUT2D eigenvalue weighted by Gasteiger charge is 2.25. The summed E-state index contributed by atoms with van der Waals surface area (Å²) in [7, 11) is 1.36. The lowest BCUT2D eigenvalue weighted by atomic mass is 10.2. The van der Waals surface area contributed by atoms with E-state index < -0.39 is 22.9 Å². The summed E-state index contributed by atoms with van der Waals surface area (Å²) in [6.07, 6.45) is -1.20. The fourth-order valence-electron chi connectivity index (χ4n) is 2.58. The number of benzene rings is 2. The van der Waals surface area contributed by atoms with Gasteiger partial charge in [0.25, 0.3) is 11.6 Å². The zero-order chi connectivity index (χ0) is 22.0. The molecule has 1 unspecified atom stereocenters. The molecule has 0 radical (unpaired) electrons. The maximum absolute atomic E-state index is 12.5. The summed E-state index contributed by atoms with van der Waals surface area (Å²) < 4.78 is 11.0. The quantitative estimate of drug-likeness (QED) is 0.298. The molecule has 0 fully saturated rings. The average molecular weight is 469 g/mol. The molecule has 0 saturated heterocycles. The van der Waals surface area contributed by atoms with E-state index in [1.165, 1.54) is 26.2 Å². The molecule has 0 bridgehead atoms. The monoisotopic (exact) mass is 468 g/mol. The standard InChI is InChI=1S/C19H14Cl2N2O6S/c1-9(18(24)22-13-8-11(23(26)27)4-6-14(13)28-2)29-19(25)17-16(21)12-5-3-10(20)7-15(12)30-17/h3-9H,1-2H3,(H,22,24). The Kier molecular flexibility index (Phi) is 6.45. The summed E-state index contributed by atoms with van der Waals surface area (Å²) in [5.74, 6) is -1.25. The van der Waals surface area contributed by atoms with Crippen LogP contribution in [0.5, 0.6) is 5.75 Å². The van der Waals surface area contributed by atoms with Gasteiger partial charge in [0.1, 0.15) is 10.6 Å². The van der Waals surface area contributed by atoms with E-state index >= 15 is 0 Å². The number of amides is 1. The topological polar surface area (TPSA) is 108 Å². The van der Waals surface area contributed by atoms with Crippen LogP contribution >= 0.6 is 34.5 Å². The third kappa shape index (κ3) is 4.48. The van der Waals surface area contributed by atoms with Crippen LogP contribution in [0.3, 0.4) is 0 Å². The van der Waals surface area contributed by atoms with Crippen molar-refractivity contribution >= 4 is 67.9 Å². The van der Waals surface area contributed by atoms with Gasteiger partial charge in [0.2, 0.25) is 0 Å². The number of esters is 1. The number of ether oxygens (including phenoxy) is 2. The van der Waals surface area contributed by atoms with Crippen molar-refractivity contribution in [3.63, 3.8) is 0 Å².